The van der Waals surface area contributed by atoms with Crippen molar-refractivity contribution >= 4 is 16.7 Å². The SMILES string of the molecule is CC(C)c1nsc(NC2(C)CCOC2)n1. The molecule has 0 bridgehead atoms. The van der Waals surface area contributed by atoms with Crippen molar-refractivity contribution in [2.24, 2.45) is 0 Å². The summed E-state index contributed by atoms with van der Waals surface area (Å²) in [5.74, 6) is 1.31. The second-order valence-corrected chi connectivity index (χ2v) is 5.35. The molecule has 2 rings (SSSR count). The predicted octanol–water partition coefficient (Wildman–Crippen LogP) is 2.25. The standard InChI is InChI=1S/C10H17N3OS/c1-7(2)8-11-9(15-13-8)12-10(3)4-5-14-6-10/h7H,4-6H2,1-3H3,(H,11,12,13). The van der Waals surface area contributed by atoms with E-state index in [-0.39, 0.29) is 5.54 Å². The minimum Gasteiger partial charge on any atom is -0.379 e. The van der Waals surface area contributed by atoms with Gasteiger partial charge in [-0.15, -0.1) is 0 Å². The summed E-state index contributed by atoms with van der Waals surface area (Å²) in [5, 5.41) is 4.32. The number of anilines is 1. The van der Waals surface area contributed by atoms with Crippen LogP contribution in [0.25, 0.3) is 0 Å². The molecule has 0 amide bonds. The Morgan fingerprint density at radius 3 is 2.87 bits per heavy atom. The largest absolute Gasteiger partial charge is 0.379 e. The first-order chi connectivity index (χ1) is 7.09. The van der Waals surface area contributed by atoms with E-state index >= 15 is 0 Å². The van der Waals surface area contributed by atoms with Crippen LogP contribution in [-0.2, 0) is 4.74 Å². The molecule has 0 radical (unpaired) electrons. The van der Waals surface area contributed by atoms with Crippen molar-refractivity contribution in [1.82, 2.24) is 9.36 Å². The molecule has 1 aliphatic rings. The van der Waals surface area contributed by atoms with Gasteiger partial charge >= 0.3 is 0 Å². The van der Waals surface area contributed by atoms with Gasteiger partial charge in [-0.25, -0.2) is 4.98 Å². The summed E-state index contributed by atoms with van der Waals surface area (Å²) in [4.78, 5) is 4.46. The highest BCUT2D eigenvalue weighted by Crippen LogP contribution is 2.25. The summed E-state index contributed by atoms with van der Waals surface area (Å²) < 4.78 is 9.70. The first-order valence-corrected chi connectivity index (χ1v) is 6.06. The zero-order chi connectivity index (χ0) is 10.9. The van der Waals surface area contributed by atoms with Gasteiger partial charge in [-0.3, -0.25) is 0 Å². The van der Waals surface area contributed by atoms with Crippen molar-refractivity contribution in [3.05, 3.63) is 5.82 Å². The fourth-order valence-electron chi connectivity index (χ4n) is 1.54. The second-order valence-electron chi connectivity index (χ2n) is 4.60. The molecular weight excluding hydrogens is 210 g/mol. The van der Waals surface area contributed by atoms with Gasteiger partial charge in [0.1, 0.15) is 5.82 Å². The molecule has 1 aromatic rings. The van der Waals surface area contributed by atoms with Gasteiger partial charge in [-0.2, -0.15) is 4.37 Å². The van der Waals surface area contributed by atoms with Crippen LogP contribution in [0.2, 0.25) is 0 Å². The maximum Gasteiger partial charge on any atom is 0.203 e. The van der Waals surface area contributed by atoms with Crippen LogP contribution in [0.5, 0.6) is 0 Å². The van der Waals surface area contributed by atoms with Crippen molar-refractivity contribution in [2.45, 2.75) is 38.6 Å². The molecule has 1 aliphatic heterocycles. The van der Waals surface area contributed by atoms with E-state index in [1.54, 1.807) is 0 Å². The highest BCUT2D eigenvalue weighted by atomic mass is 32.1. The van der Waals surface area contributed by atoms with Gasteiger partial charge in [0.2, 0.25) is 5.13 Å². The van der Waals surface area contributed by atoms with Crippen molar-refractivity contribution in [3.63, 3.8) is 0 Å². The molecule has 0 saturated carbocycles. The third kappa shape index (κ3) is 2.46. The molecule has 1 fully saturated rings. The molecule has 1 aromatic heterocycles. The monoisotopic (exact) mass is 227 g/mol. The maximum absolute atomic E-state index is 5.38. The predicted molar refractivity (Wildman–Crippen MR) is 61.5 cm³/mol. The van der Waals surface area contributed by atoms with Crippen LogP contribution in [0.1, 0.15) is 38.9 Å². The third-order valence-corrected chi connectivity index (χ3v) is 3.23. The summed E-state index contributed by atoms with van der Waals surface area (Å²) in [5.41, 5.74) is 0.0355. The fraction of sp³-hybridized carbons (Fsp3) is 0.800. The lowest BCUT2D eigenvalue weighted by molar-refractivity contribution is 0.185. The minimum atomic E-state index is 0.0355. The summed E-state index contributed by atoms with van der Waals surface area (Å²) in [7, 11) is 0. The highest BCUT2D eigenvalue weighted by Gasteiger charge is 2.30. The fourth-order valence-corrected chi connectivity index (χ4v) is 2.40. The molecule has 0 aliphatic carbocycles. The number of hydrogen-bond donors (Lipinski definition) is 1. The van der Waals surface area contributed by atoms with Gasteiger partial charge in [0.15, 0.2) is 0 Å². The zero-order valence-electron chi connectivity index (χ0n) is 9.41. The second kappa shape index (κ2) is 4.06. The Hall–Kier alpha value is -0.680. The van der Waals surface area contributed by atoms with E-state index in [0.29, 0.717) is 5.92 Å². The molecule has 84 valence electrons. The van der Waals surface area contributed by atoms with Crippen LogP contribution in [0, 0.1) is 0 Å². The minimum absolute atomic E-state index is 0.0355. The molecule has 1 N–H and O–H groups in total. The molecule has 0 aromatic carbocycles. The lowest BCUT2D eigenvalue weighted by Gasteiger charge is -2.22. The smallest absolute Gasteiger partial charge is 0.203 e. The number of nitrogens with one attached hydrogen (secondary N) is 1. The Balaban J connectivity index is 2.04. The Kier molecular flexibility index (Phi) is 2.93. The molecule has 0 spiro atoms. The van der Waals surface area contributed by atoms with Gasteiger partial charge < -0.3 is 10.1 Å². The molecule has 4 nitrogen and oxygen atoms in total. The lowest BCUT2D eigenvalue weighted by Crippen LogP contribution is -2.34. The number of aromatic nitrogens is 2. The number of nitrogens with zero attached hydrogens (tertiary/aromatic N) is 2. The van der Waals surface area contributed by atoms with E-state index in [9.17, 15) is 0 Å². The molecule has 5 heteroatoms. The number of ether oxygens (including phenoxy) is 1. The van der Waals surface area contributed by atoms with E-state index in [0.717, 1.165) is 30.6 Å². The number of rotatable bonds is 3. The summed E-state index contributed by atoms with van der Waals surface area (Å²) >= 11 is 1.44. The summed E-state index contributed by atoms with van der Waals surface area (Å²) in [6.45, 7) is 7.96. The average Bonchev–Trinajstić information content (AvgIpc) is 2.75. The van der Waals surface area contributed by atoms with Crippen molar-refractivity contribution in [1.29, 1.82) is 0 Å². The maximum atomic E-state index is 5.38. The first-order valence-electron chi connectivity index (χ1n) is 5.29. The van der Waals surface area contributed by atoms with E-state index in [1.807, 2.05) is 0 Å². The quantitative estimate of drug-likeness (QED) is 0.860. The van der Waals surface area contributed by atoms with Crippen molar-refractivity contribution in [2.75, 3.05) is 18.5 Å². The first kappa shape index (κ1) is 10.8. The lowest BCUT2D eigenvalue weighted by atomic mass is 10.0. The Bertz CT molecular complexity index is 331. The number of hydrogen-bond acceptors (Lipinski definition) is 5. The van der Waals surface area contributed by atoms with E-state index < -0.39 is 0 Å². The van der Waals surface area contributed by atoms with Crippen LogP contribution < -0.4 is 5.32 Å². The van der Waals surface area contributed by atoms with E-state index in [2.05, 4.69) is 35.4 Å². The van der Waals surface area contributed by atoms with Crippen LogP contribution in [0.3, 0.4) is 0 Å². The molecule has 2 heterocycles. The van der Waals surface area contributed by atoms with Crippen LogP contribution >= 0.6 is 11.5 Å². The van der Waals surface area contributed by atoms with Gasteiger partial charge in [0.05, 0.1) is 12.1 Å². The zero-order valence-corrected chi connectivity index (χ0v) is 10.2. The van der Waals surface area contributed by atoms with Crippen LogP contribution in [0.4, 0.5) is 5.13 Å². The van der Waals surface area contributed by atoms with Gasteiger partial charge in [-0.05, 0) is 13.3 Å². The van der Waals surface area contributed by atoms with E-state index in [4.69, 9.17) is 4.74 Å². The third-order valence-electron chi connectivity index (χ3n) is 2.59. The van der Waals surface area contributed by atoms with Crippen LogP contribution in [0.15, 0.2) is 0 Å². The van der Waals surface area contributed by atoms with Crippen LogP contribution in [-0.4, -0.2) is 28.1 Å². The Morgan fingerprint density at radius 1 is 1.53 bits per heavy atom. The normalized spacial score (nSPS) is 26.1. The molecule has 15 heavy (non-hydrogen) atoms. The Morgan fingerprint density at radius 2 is 2.33 bits per heavy atom. The van der Waals surface area contributed by atoms with Gasteiger partial charge in [-0.1, -0.05) is 13.8 Å². The molecular formula is C10H17N3OS. The molecule has 1 unspecified atom stereocenters. The summed E-state index contributed by atoms with van der Waals surface area (Å²) in [6, 6.07) is 0. The Labute approximate surface area is 94.2 Å². The van der Waals surface area contributed by atoms with Crippen molar-refractivity contribution < 1.29 is 4.74 Å². The molecule has 1 atom stereocenters. The van der Waals surface area contributed by atoms with Gasteiger partial charge in [0.25, 0.3) is 0 Å². The highest BCUT2D eigenvalue weighted by molar-refractivity contribution is 7.09. The van der Waals surface area contributed by atoms with Crippen molar-refractivity contribution in [3.8, 4) is 0 Å². The summed E-state index contributed by atoms with van der Waals surface area (Å²) in [6.07, 6.45) is 1.03. The molecule has 1 saturated heterocycles. The van der Waals surface area contributed by atoms with Gasteiger partial charge in [0, 0.05) is 24.1 Å². The average molecular weight is 227 g/mol. The topological polar surface area (TPSA) is 47.0 Å². The van der Waals surface area contributed by atoms with E-state index in [1.165, 1.54) is 11.5 Å².